The van der Waals surface area contributed by atoms with Crippen LogP contribution in [0.4, 0.5) is 0 Å². The molecule has 0 bridgehead atoms. The van der Waals surface area contributed by atoms with E-state index in [2.05, 4.69) is 50.4 Å². The Morgan fingerprint density at radius 3 is 2.46 bits per heavy atom. The first-order valence-corrected chi connectivity index (χ1v) is 10.4. The molecule has 28 heavy (non-hydrogen) atoms. The van der Waals surface area contributed by atoms with Gasteiger partial charge in [-0.2, -0.15) is 0 Å². The van der Waals surface area contributed by atoms with Crippen molar-refractivity contribution in [3.8, 4) is 11.5 Å². The van der Waals surface area contributed by atoms with Crippen LogP contribution in [0.15, 0.2) is 46.9 Å². The molecule has 5 nitrogen and oxygen atoms in total. The summed E-state index contributed by atoms with van der Waals surface area (Å²) in [5.41, 5.74) is 1.84. The number of likely N-dealkylation sites (tertiary alicyclic amines) is 1. The van der Waals surface area contributed by atoms with Gasteiger partial charge in [-0.1, -0.05) is 36.8 Å². The molecule has 2 aromatic rings. The van der Waals surface area contributed by atoms with Crippen LogP contribution in [-0.2, 0) is 6.54 Å². The smallest absolute Gasteiger partial charge is 0.251 e. The number of carbonyl (C=O) groups excluding carboxylic acids is 1. The summed E-state index contributed by atoms with van der Waals surface area (Å²) in [5, 5.41) is 3.10. The van der Waals surface area contributed by atoms with Crippen LogP contribution in [0.5, 0.6) is 11.5 Å². The fourth-order valence-corrected chi connectivity index (χ4v) is 4.18. The molecule has 1 unspecified atom stereocenters. The number of halogens is 1. The number of nitrogens with zero attached hydrogens (tertiary/aromatic N) is 1. The number of piperidine rings is 1. The summed E-state index contributed by atoms with van der Waals surface area (Å²) in [6.45, 7) is 2.61. The molecule has 0 radical (unpaired) electrons. The van der Waals surface area contributed by atoms with Gasteiger partial charge in [-0.3, -0.25) is 9.69 Å². The normalized spacial score (nSPS) is 17.2. The van der Waals surface area contributed by atoms with Gasteiger partial charge in [0, 0.05) is 24.7 Å². The van der Waals surface area contributed by atoms with Crippen molar-refractivity contribution in [1.29, 1.82) is 0 Å². The maximum absolute atomic E-state index is 12.7. The van der Waals surface area contributed by atoms with E-state index < -0.39 is 0 Å². The van der Waals surface area contributed by atoms with Gasteiger partial charge in [-0.25, -0.2) is 0 Å². The van der Waals surface area contributed by atoms with Crippen molar-refractivity contribution in [2.24, 2.45) is 0 Å². The maximum atomic E-state index is 12.7. The zero-order chi connectivity index (χ0) is 19.9. The van der Waals surface area contributed by atoms with E-state index in [1.165, 1.54) is 18.4 Å². The SMILES string of the molecule is COc1cc(C(=O)NCC2CCCCN2Cc2ccccc2)cc(OC)c1Br. The molecule has 1 heterocycles. The minimum absolute atomic E-state index is 0.116. The fourth-order valence-electron chi connectivity index (χ4n) is 3.63. The van der Waals surface area contributed by atoms with Crippen molar-refractivity contribution < 1.29 is 14.3 Å². The molecular weight excluding hydrogens is 420 g/mol. The maximum Gasteiger partial charge on any atom is 0.251 e. The minimum atomic E-state index is -0.116. The highest BCUT2D eigenvalue weighted by Crippen LogP contribution is 2.35. The Kier molecular flexibility index (Phi) is 7.34. The molecule has 1 aliphatic heterocycles. The highest BCUT2D eigenvalue weighted by atomic mass is 79.9. The number of methoxy groups -OCH3 is 2. The third-order valence-electron chi connectivity index (χ3n) is 5.18. The van der Waals surface area contributed by atoms with E-state index in [-0.39, 0.29) is 5.91 Å². The van der Waals surface area contributed by atoms with Gasteiger partial charge in [0.15, 0.2) is 0 Å². The van der Waals surface area contributed by atoms with E-state index in [0.29, 0.717) is 34.1 Å². The molecule has 6 heteroatoms. The van der Waals surface area contributed by atoms with Crippen LogP contribution in [0, 0.1) is 0 Å². The zero-order valence-electron chi connectivity index (χ0n) is 16.4. The first-order chi connectivity index (χ1) is 13.6. The van der Waals surface area contributed by atoms with Crippen molar-refractivity contribution in [3.63, 3.8) is 0 Å². The fraction of sp³-hybridized carbons (Fsp3) is 0.409. The van der Waals surface area contributed by atoms with Gasteiger partial charge in [0.25, 0.3) is 5.91 Å². The van der Waals surface area contributed by atoms with E-state index in [4.69, 9.17) is 9.47 Å². The monoisotopic (exact) mass is 446 g/mol. The molecule has 150 valence electrons. The summed E-state index contributed by atoms with van der Waals surface area (Å²) in [6.07, 6.45) is 3.50. The predicted octanol–water partition coefficient (Wildman–Crippen LogP) is 4.25. The molecule has 0 saturated carbocycles. The molecular formula is C22H27BrN2O3. The van der Waals surface area contributed by atoms with Crippen LogP contribution in [0.1, 0.15) is 35.2 Å². The van der Waals surface area contributed by atoms with Crippen molar-refractivity contribution in [2.75, 3.05) is 27.3 Å². The lowest BCUT2D eigenvalue weighted by Crippen LogP contribution is -2.46. The van der Waals surface area contributed by atoms with Crippen molar-refractivity contribution in [3.05, 3.63) is 58.1 Å². The standard InChI is InChI=1S/C22H27BrN2O3/c1-27-19-12-17(13-20(28-2)21(19)23)22(26)24-14-18-10-6-7-11-25(18)15-16-8-4-3-5-9-16/h3-5,8-9,12-13,18H,6-7,10-11,14-15H2,1-2H3,(H,24,26). The Morgan fingerprint density at radius 2 is 1.82 bits per heavy atom. The number of amides is 1. The molecule has 0 aliphatic carbocycles. The quantitative estimate of drug-likeness (QED) is 0.690. The molecule has 1 aliphatic rings. The molecule has 1 atom stereocenters. The Morgan fingerprint density at radius 1 is 1.14 bits per heavy atom. The van der Waals surface area contributed by atoms with Crippen molar-refractivity contribution in [2.45, 2.75) is 31.8 Å². The van der Waals surface area contributed by atoms with Gasteiger partial charge in [0.2, 0.25) is 0 Å². The molecule has 1 fully saturated rings. The molecule has 0 aromatic heterocycles. The van der Waals surface area contributed by atoms with Gasteiger partial charge in [-0.05, 0) is 53.0 Å². The number of carbonyl (C=O) groups is 1. The van der Waals surface area contributed by atoms with E-state index in [9.17, 15) is 4.79 Å². The highest BCUT2D eigenvalue weighted by Gasteiger charge is 2.23. The van der Waals surface area contributed by atoms with Crippen LogP contribution in [-0.4, -0.2) is 44.2 Å². The summed E-state index contributed by atoms with van der Waals surface area (Å²) < 4.78 is 11.4. The first kappa shape index (κ1) is 20.7. The second kappa shape index (κ2) is 9.94. The predicted molar refractivity (Wildman–Crippen MR) is 114 cm³/mol. The van der Waals surface area contributed by atoms with Crippen molar-refractivity contribution in [1.82, 2.24) is 10.2 Å². The number of hydrogen-bond donors (Lipinski definition) is 1. The Hall–Kier alpha value is -2.05. The minimum Gasteiger partial charge on any atom is -0.495 e. The Bertz CT molecular complexity index is 773. The highest BCUT2D eigenvalue weighted by molar-refractivity contribution is 9.10. The number of nitrogens with one attached hydrogen (secondary N) is 1. The average molecular weight is 447 g/mol. The van der Waals surface area contributed by atoms with Crippen LogP contribution in [0.2, 0.25) is 0 Å². The molecule has 1 amide bonds. The molecule has 2 aromatic carbocycles. The Labute approximate surface area is 175 Å². The first-order valence-electron chi connectivity index (χ1n) is 9.60. The van der Waals surface area contributed by atoms with Gasteiger partial charge in [0.05, 0.1) is 14.2 Å². The number of hydrogen-bond acceptors (Lipinski definition) is 4. The van der Waals surface area contributed by atoms with Gasteiger partial charge in [0.1, 0.15) is 16.0 Å². The molecule has 0 spiro atoms. The van der Waals surface area contributed by atoms with Gasteiger partial charge >= 0.3 is 0 Å². The van der Waals surface area contributed by atoms with E-state index in [0.717, 1.165) is 19.5 Å². The van der Waals surface area contributed by atoms with E-state index >= 15 is 0 Å². The van der Waals surface area contributed by atoms with Crippen molar-refractivity contribution >= 4 is 21.8 Å². The molecule has 1 N–H and O–H groups in total. The van der Waals surface area contributed by atoms with Crippen LogP contribution >= 0.6 is 15.9 Å². The summed E-state index contributed by atoms with van der Waals surface area (Å²) >= 11 is 3.44. The number of ether oxygens (including phenoxy) is 2. The summed E-state index contributed by atoms with van der Waals surface area (Å²) in [6, 6.07) is 14.3. The third kappa shape index (κ3) is 5.06. The molecule has 1 saturated heterocycles. The molecule has 3 rings (SSSR count). The second-order valence-corrected chi connectivity index (χ2v) is 7.80. The van der Waals surface area contributed by atoms with Crippen LogP contribution in [0.25, 0.3) is 0 Å². The summed E-state index contributed by atoms with van der Waals surface area (Å²) in [7, 11) is 3.15. The van der Waals surface area contributed by atoms with Crippen LogP contribution in [0.3, 0.4) is 0 Å². The lowest BCUT2D eigenvalue weighted by Gasteiger charge is -2.36. The number of benzene rings is 2. The van der Waals surface area contributed by atoms with Gasteiger partial charge in [-0.15, -0.1) is 0 Å². The van der Waals surface area contributed by atoms with Crippen LogP contribution < -0.4 is 14.8 Å². The van der Waals surface area contributed by atoms with Gasteiger partial charge < -0.3 is 14.8 Å². The number of rotatable bonds is 7. The lowest BCUT2D eigenvalue weighted by atomic mass is 10.0. The lowest BCUT2D eigenvalue weighted by molar-refractivity contribution is 0.0907. The zero-order valence-corrected chi connectivity index (χ0v) is 18.0. The average Bonchev–Trinajstić information content (AvgIpc) is 2.73. The largest absolute Gasteiger partial charge is 0.495 e. The van der Waals surface area contributed by atoms with E-state index in [1.54, 1.807) is 26.4 Å². The topological polar surface area (TPSA) is 50.8 Å². The second-order valence-electron chi connectivity index (χ2n) is 7.01. The van der Waals surface area contributed by atoms with E-state index in [1.807, 2.05) is 6.07 Å². The summed E-state index contributed by atoms with van der Waals surface area (Å²) in [5.74, 6) is 1.04. The third-order valence-corrected chi connectivity index (χ3v) is 5.97. The summed E-state index contributed by atoms with van der Waals surface area (Å²) in [4.78, 5) is 15.2. The Balaban J connectivity index is 1.65.